The van der Waals surface area contributed by atoms with E-state index in [0.717, 1.165) is 51.4 Å². The summed E-state index contributed by atoms with van der Waals surface area (Å²) in [5.41, 5.74) is 0. The minimum Gasteiger partial charge on any atom is -0.394 e. The zero-order chi connectivity index (χ0) is 50.3. The molecule has 2 aliphatic rings. The molecule has 0 bridgehead atoms. The zero-order valence-electron chi connectivity index (χ0n) is 43.8. The Labute approximate surface area is 419 Å². The minimum absolute atomic E-state index is 0.201. The van der Waals surface area contributed by atoms with Crippen LogP contribution in [-0.2, 0) is 23.7 Å². The van der Waals surface area contributed by atoms with Gasteiger partial charge in [-0.1, -0.05) is 232 Å². The number of ether oxygens (including phenoxy) is 4. The number of hydrogen-bond donors (Lipinski definition) is 9. The van der Waals surface area contributed by atoms with Crippen LogP contribution in [0.3, 0.4) is 0 Å². The number of carbonyl (C=O) groups is 1. The van der Waals surface area contributed by atoms with Crippen molar-refractivity contribution in [1.82, 2.24) is 5.32 Å². The maximum atomic E-state index is 13.2. The lowest BCUT2D eigenvalue weighted by molar-refractivity contribution is -0.359. The summed E-state index contributed by atoms with van der Waals surface area (Å²) in [4.78, 5) is 13.2. The third kappa shape index (κ3) is 28.9. The first kappa shape index (κ1) is 64.1. The summed E-state index contributed by atoms with van der Waals surface area (Å²) in [5, 5.41) is 87.1. The molecule has 0 aliphatic carbocycles. The predicted molar refractivity (Wildman–Crippen MR) is 272 cm³/mol. The molecule has 14 nitrogen and oxygen atoms in total. The Morgan fingerprint density at radius 2 is 0.826 bits per heavy atom. The van der Waals surface area contributed by atoms with Crippen molar-refractivity contribution in [2.24, 2.45) is 0 Å². The molecule has 0 spiro atoms. The molecule has 69 heavy (non-hydrogen) atoms. The van der Waals surface area contributed by atoms with Crippen LogP contribution in [0.15, 0.2) is 0 Å². The number of amides is 1. The highest BCUT2D eigenvalue weighted by atomic mass is 16.7. The summed E-state index contributed by atoms with van der Waals surface area (Å²) in [7, 11) is 0. The highest BCUT2D eigenvalue weighted by Gasteiger charge is 2.51. The molecule has 12 unspecified atom stereocenters. The molecule has 2 fully saturated rings. The largest absolute Gasteiger partial charge is 0.394 e. The minimum atomic E-state index is -1.78. The Hall–Kier alpha value is -1.01. The molecule has 410 valence electrons. The molecule has 9 N–H and O–H groups in total. The SMILES string of the molecule is CCCCCCCCCCCCCCCCCCCCCCCCC(=O)NC(COC1OC(CO)C(OC2OC(CO)C(O)C(O)C2O)C(O)C1O)C(O)CCCCCCCCCCCCCCC. The molecule has 0 aromatic rings. The van der Waals surface area contributed by atoms with Crippen LogP contribution < -0.4 is 5.32 Å². The summed E-state index contributed by atoms with van der Waals surface area (Å²) < 4.78 is 22.8. The molecule has 2 aliphatic heterocycles. The van der Waals surface area contributed by atoms with Gasteiger partial charge in [0, 0.05) is 6.42 Å². The van der Waals surface area contributed by atoms with Crippen molar-refractivity contribution < 1.29 is 64.6 Å². The predicted octanol–water partition coefficient (Wildman–Crippen LogP) is 8.95. The average molecular weight is 990 g/mol. The Morgan fingerprint density at radius 1 is 0.464 bits per heavy atom. The van der Waals surface area contributed by atoms with Gasteiger partial charge in [-0.05, 0) is 12.8 Å². The van der Waals surface area contributed by atoms with Gasteiger partial charge in [0.05, 0.1) is 32.0 Å². The van der Waals surface area contributed by atoms with Gasteiger partial charge in [-0.2, -0.15) is 0 Å². The van der Waals surface area contributed by atoms with Crippen molar-refractivity contribution in [1.29, 1.82) is 0 Å². The van der Waals surface area contributed by atoms with Gasteiger partial charge >= 0.3 is 0 Å². The molecular formula is C55H107NO13. The summed E-state index contributed by atoms with van der Waals surface area (Å²) in [5.74, 6) is -0.201. The van der Waals surface area contributed by atoms with Gasteiger partial charge in [0.2, 0.25) is 5.91 Å². The highest BCUT2D eigenvalue weighted by molar-refractivity contribution is 5.76. The normalized spacial score (nSPS) is 26.1. The van der Waals surface area contributed by atoms with E-state index in [1.165, 1.54) is 173 Å². The second-order valence-electron chi connectivity index (χ2n) is 20.8. The van der Waals surface area contributed by atoms with Crippen molar-refractivity contribution >= 4 is 5.91 Å². The monoisotopic (exact) mass is 990 g/mol. The molecule has 2 rings (SSSR count). The maximum Gasteiger partial charge on any atom is 0.220 e. The van der Waals surface area contributed by atoms with E-state index in [-0.39, 0.29) is 12.5 Å². The Kier molecular flexibility index (Phi) is 39.4. The first-order valence-electron chi connectivity index (χ1n) is 28.8. The van der Waals surface area contributed by atoms with E-state index in [1.54, 1.807) is 0 Å². The third-order valence-corrected chi connectivity index (χ3v) is 14.6. The second kappa shape index (κ2) is 42.4. The smallest absolute Gasteiger partial charge is 0.220 e. The summed E-state index contributed by atoms with van der Waals surface area (Å²) in [6.07, 6.45) is 28.2. The van der Waals surface area contributed by atoms with Gasteiger partial charge in [0.1, 0.15) is 48.8 Å². The number of hydrogen-bond acceptors (Lipinski definition) is 13. The van der Waals surface area contributed by atoms with Crippen LogP contribution in [0.25, 0.3) is 0 Å². The Morgan fingerprint density at radius 3 is 1.23 bits per heavy atom. The van der Waals surface area contributed by atoms with Gasteiger partial charge in [-0.15, -0.1) is 0 Å². The van der Waals surface area contributed by atoms with Gasteiger partial charge in [-0.25, -0.2) is 0 Å². The second-order valence-corrected chi connectivity index (χ2v) is 20.8. The quantitative estimate of drug-likeness (QED) is 0.0260. The van der Waals surface area contributed by atoms with E-state index in [9.17, 15) is 45.6 Å². The van der Waals surface area contributed by atoms with Crippen LogP contribution in [0.2, 0.25) is 0 Å². The molecule has 14 heteroatoms. The van der Waals surface area contributed by atoms with Gasteiger partial charge in [-0.3, -0.25) is 4.79 Å². The van der Waals surface area contributed by atoms with Crippen LogP contribution in [0, 0.1) is 0 Å². The van der Waals surface area contributed by atoms with Crippen molar-refractivity contribution in [3.05, 3.63) is 0 Å². The van der Waals surface area contributed by atoms with Gasteiger partial charge < -0.3 is 65.1 Å². The molecule has 2 heterocycles. The molecule has 0 aromatic carbocycles. The summed E-state index contributed by atoms with van der Waals surface area (Å²) in [6, 6.07) is -0.821. The Bertz CT molecular complexity index is 1170. The Balaban J connectivity index is 1.74. The molecular weight excluding hydrogens is 883 g/mol. The number of aliphatic hydroxyl groups excluding tert-OH is 8. The van der Waals surface area contributed by atoms with E-state index in [0.29, 0.717) is 12.8 Å². The lowest BCUT2D eigenvalue weighted by Crippen LogP contribution is -2.65. The van der Waals surface area contributed by atoms with Crippen molar-refractivity contribution in [2.45, 2.75) is 325 Å². The van der Waals surface area contributed by atoms with Gasteiger partial charge in [0.15, 0.2) is 12.6 Å². The fraction of sp³-hybridized carbons (Fsp3) is 0.982. The van der Waals surface area contributed by atoms with E-state index in [4.69, 9.17) is 18.9 Å². The van der Waals surface area contributed by atoms with E-state index < -0.39 is 86.8 Å². The van der Waals surface area contributed by atoms with E-state index in [1.807, 2.05) is 0 Å². The lowest BCUT2D eigenvalue weighted by atomic mass is 9.97. The van der Waals surface area contributed by atoms with Crippen LogP contribution in [0.5, 0.6) is 0 Å². The third-order valence-electron chi connectivity index (χ3n) is 14.6. The van der Waals surface area contributed by atoms with E-state index in [2.05, 4.69) is 19.2 Å². The van der Waals surface area contributed by atoms with Gasteiger partial charge in [0.25, 0.3) is 0 Å². The first-order chi connectivity index (χ1) is 33.6. The molecule has 2 saturated heterocycles. The molecule has 12 atom stereocenters. The number of carbonyl (C=O) groups excluding carboxylic acids is 1. The molecule has 0 radical (unpaired) electrons. The van der Waals surface area contributed by atoms with Crippen LogP contribution in [-0.4, -0.2) is 140 Å². The van der Waals surface area contributed by atoms with Crippen molar-refractivity contribution in [3.63, 3.8) is 0 Å². The van der Waals surface area contributed by atoms with Crippen LogP contribution >= 0.6 is 0 Å². The van der Waals surface area contributed by atoms with E-state index >= 15 is 0 Å². The van der Waals surface area contributed by atoms with Crippen molar-refractivity contribution in [2.75, 3.05) is 19.8 Å². The molecule has 0 aromatic heterocycles. The van der Waals surface area contributed by atoms with Crippen LogP contribution in [0.1, 0.15) is 251 Å². The summed E-state index contributed by atoms with van der Waals surface area (Å²) in [6.45, 7) is 2.88. The fourth-order valence-corrected chi connectivity index (χ4v) is 9.89. The number of unbranched alkanes of at least 4 members (excludes halogenated alkanes) is 33. The number of rotatable bonds is 46. The first-order valence-corrected chi connectivity index (χ1v) is 28.8. The zero-order valence-corrected chi connectivity index (χ0v) is 43.8. The maximum absolute atomic E-state index is 13.2. The lowest BCUT2D eigenvalue weighted by Gasteiger charge is -2.46. The molecule has 1 amide bonds. The molecule has 0 saturated carbocycles. The van der Waals surface area contributed by atoms with Crippen LogP contribution in [0.4, 0.5) is 0 Å². The number of aliphatic hydroxyl groups is 8. The topological polar surface area (TPSA) is 228 Å². The fourth-order valence-electron chi connectivity index (χ4n) is 9.89. The van der Waals surface area contributed by atoms with Crippen molar-refractivity contribution in [3.8, 4) is 0 Å². The average Bonchev–Trinajstić information content (AvgIpc) is 3.35. The standard InChI is InChI=1S/C55H107NO13/c1-3-5-7-9-11-13-15-17-18-19-20-21-22-23-24-25-27-29-31-33-35-37-39-47(60)56-43(44(59)38-36-34-32-30-28-26-16-14-12-10-8-6-4-2)42-66-54-52(65)50(63)53(46(41-58)68-54)69-55-51(64)49(62)48(61)45(40-57)67-55/h43-46,48-55,57-59,61-65H,3-42H2,1-2H3,(H,56,60). The number of nitrogens with one attached hydrogen (secondary N) is 1. The highest BCUT2D eigenvalue weighted by Crippen LogP contribution is 2.30. The summed E-state index contributed by atoms with van der Waals surface area (Å²) >= 11 is 0.